The molecule has 7 nitrogen and oxygen atoms in total. The lowest BCUT2D eigenvalue weighted by molar-refractivity contribution is 0.0860. The fourth-order valence-corrected chi connectivity index (χ4v) is 2.79. The maximum atomic E-state index is 12.4. The number of hydrogen-bond acceptors (Lipinski definition) is 6. The van der Waals surface area contributed by atoms with Gasteiger partial charge in [-0.2, -0.15) is 0 Å². The lowest BCUT2D eigenvalue weighted by Crippen LogP contribution is -2.24. The van der Waals surface area contributed by atoms with Crippen LogP contribution in [0.15, 0.2) is 51.8 Å². The highest BCUT2D eigenvalue weighted by Crippen LogP contribution is 2.30. The first-order valence-corrected chi connectivity index (χ1v) is 8.14. The minimum atomic E-state index is -0.316. The molecule has 0 bridgehead atoms. The van der Waals surface area contributed by atoms with Crippen LogP contribution in [-0.4, -0.2) is 22.5 Å². The predicted molar refractivity (Wildman–Crippen MR) is 87.5 cm³/mol. The van der Waals surface area contributed by atoms with Crippen molar-refractivity contribution in [1.82, 2.24) is 15.3 Å². The lowest BCUT2D eigenvalue weighted by atomic mass is 10.1. The highest BCUT2D eigenvalue weighted by atomic mass is 16.5. The van der Waals surface area contributed by atoms with Crippen molar-refractivity contribution in [3.05, 3.63) is 60.1 Å². The van der Waals surface area contributed by atoms with Gasteiger partial charge in [-0.25, -0.2) is 9.97 Å². The average Bonchev–Trinajstić information content (AvgIpc) is 3.41. The standard InChI is InChI=1S/C18H17N3O4/c22-17(15-16(25-11-20-15)14-7-4-8-23-14)19-9-13-10-24-18(21-13)12-5-2-1-3-6-12/h1-3,5-6,10-11,14H,4,7-9H2,(H,19,22). The van der Waals surface area contributed by atoms with E-state index in [9.17, 15) is 4.79 Å². The molecule has 0 saturated carbocycles. The Balaban J connectivity index is 1.41. The Bertz CT molecular complexity index is 850. The van der Waals surface area contributed by atoms with Crippen molar-refractivity contribution in [2.75, 3.05) is 6.61 Å². The van der Waals surface area contributed by atoms with Gasteiger partial charge in [0.2, 0.25) is 5.89 Å². The lowest BCUT2D eigenvalue weighted by Gasteiger charge is -2.07. The molecule has 128 valence electrons. The quantitative estimate of drug-likeness (QED) is 0.768. The maximum absolute atomic E-state index is 12.4. The van der Waals surface area contributed by atoms with Gasteiger partial charge in [0.1, 0.15) is 12.4 Å². The molecule has 1 aliphatic rings. The molecule has 1 unspecified atom stereocenters. The molecule has 1 fully saturated rings. The van der Waals surface area contributed by atoms with E-state index in [-0.39, 0.29) is 24.2 Å². The monoisotopic (exact) mass is 339 g/mol. The van der Waals surface area contributed by atoms with Crippen LogP contribution in [0.3, 0.4) is 0 Å². The number of ether oxygens (including phenoxy) is 1. The Labute approximate surface area is 144 Å². The van der Waals surface area contributed by atoms with Crippen LogP contribution in [-0.2, 0) is 11.3 Å². The number of benzene rings is 1. The summed E-state index contributed by atoms with van der Waals surface area (Å²) in [6.45, 7) is 0.917. The van der Waals surface area contributed by atoms with Crippen LogP contribution in [0.25, 0.3) is 11.5 Å². The average molecular weight is 339 g/mol. The fraction of sp³-hybridized carbons (Fsp3) is 0.278. The van der Waals surface area contributed by atoms with Crippen molar-refractivity contribution in [2.45, 2.75) is 25.5 Å². The fourth-order valence-electron chi connectivity index (χ4n) is 2.79. The Morgan fingerprint density at radius 1 is 1.24 bits per heavy atom. The third-order valence-corrected chi connectivity index (χ3v) is 4.03. The second-order valence-corrected chi connectivity index (χ2v) is 5.76. The van der Waals surface area contributed by atoms with Gasteiger partial charge in [0.25, 0.3) is 5.91 Å². The molecule has 1 atom stereocenters. The van der Waals surface area contributed by atoms with E-state index in [0.717, 1.165) is 18.4 Å². The number of nitrogens with zero attached hydrogens (tertiary/aromatic N) is 2. The molecule has 0 aliphatic carbocycles. The van der Waals surface area contributed by atoms with Crippen LogP contribution in [0, 0.1) is 0 Å². The molecule has 2 aromatic heterocycles. The summed E-state index contributed by atoms with van der Waals surface area (Å²) in [7, 11) is 0. The third-order valence-electron chi connectivity index (χ3n) is 4.03. The van der Waals surface area contributed by atoms with E-state index in [4.69, 9.17) is 13.6 Å². The van der Waals surface area contributed by atoms with Crippen LogP contribution >= 0.6 is 0 Å². The molecule has 3 aromatic rings. The zero-order chi connectivity index (χ0) is 17.1. The van der Waals surface area contributed by atoms with Crippen LogP contribution in [0.1, 0.15) is 40.9 Å². The molecule has 0 radical (unpaired) electrons. The molecular formula is C18H17N3O4. The van der Waals surface area contributed by atoms with Crippen molar-refractivity contribution in [1.29, 1.82) is 0 Å². The Hall–Kier alpha value is -2.93. The van der Waals surface area contributed by atoms with Crippen molar-refractivity contribution in [3.63, 3.8) is 0 Å². The summed E-state index contributed by atoms with van der Waals surface area (Å²) in [5.74, 6) is 0.690. The smallest absolute Gasteiger partial charge is 0.273 e. The van der Waals surface area contributed by atoms with Crippen molar-refractivity contribution < 1.29 is 18.4 Å². The topological polar surface area (TPSA) is 90.4 Å². The Morgan fingerprint density at radius 2 is 2.12 bits per heavy atom. The van der Waals surface area contributed by atoms with Gasteiger partial charge in [-0.15, -0.1) is 0 Å². The number of rotatable bonds is 5. The molecule has 1 aromatic carbocycles. The Kier molecular flexibility index (Phi) is 4.30. The second kappa shape index (κ2) is 6.90. The largest absolute Gasteiger partial charge is 0.445 e. The molecular weight excluding hydrogens is 322 g/mol. The van der Waals surface area contributed by atoms with Gasteiger partial charge in [0.05, 0.1) is 12.2 Å². The van der Waals surface area contributed by atoms with Gasteiger partial charge < -0.3 is 18.9 Å². The normalized spacial score (nSPS) is 16.9. The summed E-state index contributed by atoms with van der Waals surface area (Å²) in [4.78, 5) is 20.8. The van der Waals surface area contributed by atoms with Gasteiger partial charge in [0, 0.05) is 12.2 Å². The van der Waals surface area contributed by atoms with Crippen LogP contribution in [0.4, 0.5) is 0 Å². The molecule has 7 heteroatoms. The zero-order valence-corrected chi connectivity index (χ0v) is 13.5. The van der Waals surface area contributed by atoms with E-state index in [1.807, 2.05) is 30.3 Å². The number of carbonyl (C=O) groups excluding carboxylic acids is 1. The minimum Gasteiger partial charge on any atom is -0.445 e. The van der Waals surface area contributed by atoms with E-state index >= 15 is 0 Å². The zero-order valence-electron chi connectivity index (χ0n) is 13.5. The molecule has 1 aliphatic heterocycles. The first kappa shape index (κ1) is 15.6. The summed E-state index contributed by atoms with van der Waals surface area (Å²) < 4.78 is 16.4. The van der Waals surface area contributed by atoms with Crippen LogP contribution < -0.4 is 5.32 Å². The number of nitrogens with one attached hydrogen (secondary N) is 1. The van der Waals surface area contributed by atoms with Crippen molar-refractivity contribution >= 4 is 5.91 Å². The van der Waals surface area contributed by atoms with Gasteiger partial charge in [-0.3, -0.25) is 4.79 Å². The highest BCUT2D eigenvalue weighted by Gasteiger charge is 2.27. The van der Waals surface area contributed by atoms with Crippen molar-refractivity contribution in [3.8, 4) is 11.5 Å². The van der Waals surface area contributed by atoms with E-state index in [0.29, 0.717) is 24.0 Å². The SMILES string of the molecule is O=C(NCc1coc(-c2ccccc2)n1)c1ncoc1C1CCCO1. The first-order valence-electron chi connectivity index (χ1n) is 8.14. The Morgan fingerprint density at radius 3 is 2.92 bits per heavy atom. The molecule has 4 rings (SSSR count). The molecule has 1 N–H and O–H groups in total. The maximum Gasteiger partial charge on any atom is 0.273 e. The summed E-state index contributed by atoms with van der Waals surface area (Å²) in [5.41, 5.74) is 1.78. The van der Waals surface area contributed by atoms with E-state index < -0.39 is 0 Å². The number of carbonyl (C=O) groups is 1. The molecule has 0 spiro atoms. The number of oxazole rings is 2. The predicted octanol–water partition coefficient (Wildman–Crippen LogP) is 3.11. The first-order chi connectivity index (χ1) is 12.3. The summed E-state index contributed by atoms with van der Waals surface area (Å²) in [5, 5.41) is 2.79. The van der Waals surface area contributed by atoms with Crippen LogP contribution in [0.2, 0.25) is 0 Å². The van der Waals surface area contributed by atoms with Crippen LogP contribution in [0.5, 0.6) is 0 Å². The summed E-state index contributed by atoms with van der Waals surface area (Å²) in [6, 6.07) is 9.59. The van der Waals surface area contributed by atoms with Crippen molar-refractivity contribution in [2.24, 2.45) is 0 Å². The summed E-state index contributed by atoms with van der Waals surface area (Å²) in [6.07, 6.45) is 4.40. The van der Waals surface area contributed by atoms with Gasteiger partial charge in [-0.05, 0) is 25.0 Å². The third kappa shape index (κ3) is 3.32. The second-order valence-electron chi connectivity index (χ2n) is 5.76. The highest BCUT2D eigenvalue weighted by molar-refractivity contribution is 5.93. The van der Waals surface area contributed by atoms with Gasteiger partial charge in [0.15, 0.2) is 17.8 Å². The molecule has 3 heterocycles. The number of aromatic nitrogens is 2. The molecule has 1 amide bonds. The van der Waals surface area contributed by atoms with Gasteiger partial charge >= 0.3 is 0 Å². The molecule has 1 saturated heterocycles. The molecule has 25 heavy (non-hydrogen) atoms. The van der Waals surface area contributed by atoms with E-state index in [1.165, 1.54) is 12.7 Å². The number of hydrogen-bond donors (Lipinski definition) is 1. The van der Waals surface area contributed by atoms with Gasteiger partial charge in [-0.1, -0.05) is 18.2 Å². The minimum absolute atomic E-state index is 0.194. The van der Waals surface area contributed by atoms with E-state index in [1.54, 1.807) is 0 Å². The number of amides is 1. The van der Waals surface area contributed by atoms with E-state index in [2.05, 4.69) is 15.3 Å². The summed E-state index contributed by atoms with van der Waals surface area (Å²) >= 11 is 0.